The Morgan fingerprint density at radius 3 is 2.07 bits per heavy atom. The molecule has 0 heterocycles. The van der Waals surface area contributed by atoms with Gasteiger partial charge in [-0.3, -0.25) is 9.59 Å². The van der Waals surface area contributed by atoms with Crippen molar-refractivity contribution in [3.63, 3.8) is 0 Å². The molecule has 3 N–H and O–H groups in total. The van der Waals surface area contributed by atoms with Crippen LogP contribution in [0.25, 0.3) is 0 Å². The summed E-state index contributed by atoms with van der Waals surface area (Å²) in [5.74, 6) is -0.273. The number of benzene rings is 3. The quantitative estimate of drug-likeness (QED) is 0.404. The predicted octanol–water partition coefficient (Wildman–Crippen LogP) is 6.27. The molecule has 0 spiro atoms. The zero-order valence-corrected chi connectivity index (χ0v) is 17.8. The molecular formula is C23H21Cl2N3O2. The van der Waals surface area contributed by atoms with E-state index in [0.29, 0.717) is 33.5 Å². The third-order valence-corrected chi connectivity index (χ3v) is 4.97. The molecule has 0 saturated carbocycles. The maximum atomic E-state index is 12.6. The second-order valence-corrected chi connectivity index (χ2v) is 7.40. The molecule has 0 aliphatic heterocycles. The fourth-order valence-corrected chi connectivity index (χ4v) is 3.34. The van der Waals surface area contributed by atoms with Crippen LogP contribution < -0.4 is 16.0 Å². The minimum Gasteiger partial charge on any atom is -0.353 e. The number of carbonyl (C=O) groups is 2. The van der Waals surface area contributed by atoms with Crippen LogP contribution in [0.15, 0.2) is 66.7 Å². The van der Waals surface area contributed by atoms with Crippen molar-refractivity contribution in [3.8, 4) is 0 Å². The number of hydrogen-bond acceptors (Lipinski definition) is 3. The van der Waals surface area contributed by atoms with Crippen molar-refractivity contribution in [1.29, 1.82) is 0 Å². The second-order valence-electron chi connectivity index (χ2n) is 6.59. The van der Waals surface area contributed by atoms with Gasteiger partial charge in [-0.05, 0) is 42.0 Å². The smallest absolute Gasteiger partial charge is 0.228 e. The number of nitrogens with one attached hydrogen (secondary N) is 3. The van der Waals surface area contributed by atoms with Crippen molar-refractivity contribution in [3.05, 3.63) is 82.3 Å². The predicted molar refractivity (Wildman–Crippen MR) is 124 cm³/mol. The third kappa shape index (κ3) is 5.75. The first kappa shape index (κ1) is 21.7. The Kier molecular flexibility index (Phi) is 7.33. The summed E-state index contributed by atoms with van der Waals surface area (Å²) < 4.78 is 0. The van der Waals surface area contributed by atoms with Crippen LogP contribution in [0.4, 0.5) is 22.7 Å². The molecule has 0 radical (unpaired) electrons. The van der Waals surface area contributed by atoms with E-state index in [1.807, 2.05) is 24.3 Å². The van der Waals surface area contributed by atoms with E-state index in [9.17, 15) is 9.59 Å². The van der Waals surface area contributed by atoms with Crippen LogP contribution in [0.3, 0.4) is 0 Å². The topological polar surface area (TPSA) is 70.2 Å². The summed E-state index contributed by atoms with van der Waals surface area (Å²) in [7, 11) is 0. The Balaban J connectivity index is 1.72. The number of halogens is 2. The lowest BCUT2D eigenvalue weighted by Crippen LogP contribution is -2.16. The minimum absolute atomic E-state index is 0.0864. The summed E-state index contributed by atoms with van der Waals surface area (Å²) in [5, 5.41) is 9.85. The van der Waals surface area contributed by atoms with Gasteiger partial charge in [0.25, 0.3) is 0 Å². The van der Waals surface area contributed by atoms with Gasteiger partial charge in [0.05, 0.1) is 22.2 Å². The van der Waals surface area contributed by atoms with Crippen LogP contribution in [0.5, 0.6) is 0 Å². The van der Waals surface area contributed by atoms with Crippen molar-refractivity contribution >= 4 is 57.8 Å². The van der Waals surface area contributed by atoms with E-state index in [1.54, 1.807) is 49.4 Å². The van der Waals surface area contributed by atoms with Crippen LogP contribution >= 0.6 is 23.2 Å². The van der Waals surface area contributed by atoms with Gasteiger partial charge in [0.1, 0.15) is 0 Å². The Bertz CT molecular complexity index is 1050. The molecule has 3 rings (SSSR count). The number of anilines is 4. The van der Waals surface area contributed by atoms with E-state index in [0.717, 1.165) is 11.3 Å². The van der Waals surface area contributed by atoms with Gasteiger partial charge in [-0.1, -0.05) is 60.5 Å². The highest BCUT2D eigenvalue weighted by Gasteiger charge is 2.12. The Morgan fingerprint density at radius 2 is 1.40 bits per heavy atom. The molecule has 0 atom stereocenters. The first-order valence-corrected chi connectivity index (χ1v) is 10.2. The highest BCUT2D eigenvalue weighted by molar-refractivity contribution is 6.39. The van der Waals surface area contributed by atoms with E-state index < -0.39 is 0 Å². The largest absolute Gasteiger partial charge is 0.353 e. The molecule has 0 aliphatic rings. The lowest BCUT2D eigenvalue weighted by atomic mass is 10.1. The summed E-state index contributed by atoms with van der Waals surface area (Å²) in [4.78, 5) is 24.2. The van der Waals surface area contributed by atoms with Gasteiger partial charge in [0.2, 0.25) is 11.8 Å². The molecule has 0 unspecified atom stereocenters. The average molecular weight is 442 g/mol. The summed E-state index contributed by atoms with van der Waals surface area (Å²) in [5.41, 5.74) is 3.37. The normalized spacial score (nSPS) is 10.4. The first-order valence-electron chi connectivity index (χ1n) is 9.45. The van der Waals surface area contributed by atoms with Crippen LogP contribution in [0.2, 0.25) is 10.0 Å². The van der Waals surface area contributed by atoms with Crippen molar-refractivity contribution in [1.82, 2.24) is 0 Å². The van der Waals surface area contributed by atoms with Gasteiger partial charge in [-0.25, -0.2) is 0 Å². The molecule has 0 fully saturated rings. The molecular weight excluding hydrogens is 421 g/mol. The summed E-state index contributed by atoms with van der Waals surface area (Å²) in [6, 6.07) is 19.8. The molecule has 7 heteroatoms. The first-order chi connectivity index (χ1) is 14.5. The van der Waals surface area contributed by atoms with E-state index in [2.05, 4.69) is 16.0 Å². The molecule has 0 aromatic heterocycles. The van der Waals surface area contributed by atoms with Crippen molar-refractivity contribution in [2.45, 2.75) is 19.8 Å². The maximum Gasteiger partial charge on any atom is 0.228 e. The van der Waals surface area contributed by atoms with E-state index in [-0.39, 0.29) is 18.2 Å². The van der Waals surface area contributed by atoms with Gasteiger partial charge < -0.3 is 16.0 Å². The lowest BCUT2D eigenvalue weighted by Gasteiger charge is -2.14. The van der Waals surface area contributed by atoms with Crippen LogP contribution in [-0.2, 0) is 16.0 Å². The van der Waals surface area contributed by atoms with Crippen molar-refractivity contribution in [2.24, 2.45) is 0 Å². The van der Waals surface area contributed by atoms with Crippen LogP contribution in [0, 0.1) is 0 Å². The standard InChI is InChI=1S/C23H21Cl2N3O2/c1-2-21(29)26-16-8-5-9-17(14-16)27-22(30)13-15-7-3-4-12-20(15)28-23-18(24)10-6-11-19(23)25/h3-12,14,28H,2,13H2,1H3,(H,26,29)(H,27,30). The molecule has 0 aliphatic carbocycles. The van der Waals surface area contributed by atoms with Gasteiger partial charge in [-0.15, -0.1) is 0 Å². The van der Waals surface area contributed by atoms with Crippen molar-refractivity contribution < 1.29 is 9.59 Å². The second kappa shape index (κ2) is 10.1. The highest BCUT2D eigenvalue weighted by atomic mass is 35.5. The zero-order chi connectivity index (χ0) is 21.5. The van der Waals surface area contributed by atoms with Gasteiger partial charge >= 0.3 is 0 Å². The van der Waals surface area contributed by atoms with Crippen molar-refractivity contribution in [2.75, 3.05) is 16.0 Å². The Hall–Kier alpha value is -3.02. The van der Waals surface area contributed by atoms with Gasteiger partial charge in [0, 0.05) is 23.5 Å². The Labute approximate surface area is 185 Å². The Morgan fingerprint density at radius 1 is 0.800 bits per heavy atom. The SMILES string of the molecule is CCC(=O)Nc1cccc(NC(=O)Cc2ccccc2Nc2c(Cl)cccc2Cl)c1. The van der Waals surface area contributed by atoms with E-state index in [4.69, 9.17) is 23.2 Å². The van der Waals surface area contributed by atoms with E-state index in [1.165, 1.54) is 0 Å². The maximum absolute atomic E-state index is 12.6. The van der Waals surface area contributed by atoms with Gasteiger partial charge in [0.15, 0.2) is 0 Å². The molecule has 5 nitrogen and oxygen atoms in total. The molecule has 3 aromatic rings. The van der Waals surface area contributed by atoms with Gasteiger partial charge in [-0.2, -0.15) is 0 Å². The number of hydrogen-bond donors (Lipinski definition) is 3. The third-order valence-electron chi connectivity index (χ3n) is 4.34. The molecule has 2 amide bonds. The molecule has 30 heavy (non-hydrogen) atoms. The number of amides is 2. The molecule has 0 bridgehead atoms. The summed E-state index contributed by atoms with van der Waals surface area (Å²) >= 11 is 12.5. The molecule has 154 valence electrons. The lowest BCUT2D eigenvalue weighted by molar-refractivity contribution is -0.116. The number of carbonyl (C=O) groups excluding carboxylic acids is 2. The zero-order valence-electron chi connectivity index (χ0n) is 16.3. The fourth-order valence-electron chi connectivity index (χ4n) is 2.85. The molecule has 3 aromatic carbocycles. The number of para-hydroxylation sites is 2. The summed E-state index contributed by atoms with van der Waals surface area (Å²) in [6.07, 6.45) is 0.534. The number of rotatable bonds is 7. The van der Waals surface area contributed by atoms with E-state index >= 15 is 0 Å². The highest BCUT2D eigenvalue weighted by Crippen LogP contribution is 2.33. The monoisotopic (exact) mass is 441 g/mol. The minimum atomic E-state index is -0.187. The van der Waals surface area contributed by atoms with Crippen LogP contribution in [0.1, 0.15) is 18.9 Å². The summed E-state index contributed by atoms with van der Waals surface area (Å²) in [6.45, 7) is 1.78. The van der Waals surface area contributed by atoms with Crippen LogP contribution in [-0.4, -0.2) is 11.8 Å². The fraction of sp³-hybridized carbons (Fsp3) is 0.130. The molecule has 0 saturated heterocycles. The average Bonchev–Trinajstić information content (AvgIpc) is 2.72.